The van der Waals surface area contributed by atoms with Crippen molar-refractivity contribution in [3.05, 3.63) is 22.4 Å². The first-order valence-corrected chi connectivity index (χ1v) is 6.34. The highest BCUT2D eigenvalue weighted by molar-refractivity contribution is 7.98. The summed E-state index contributed by atoms with van der Waals surface area (Å²) in [7, 11) is 0. The van der Waals surface area contributed by atoms with Crippen LogP contribution in [-0.4, -0.2) is 31.9 Å². The summed E-state index contributed by atoms with van der Waals surface area (Å²) < 4.78 is 1.61. The average Bonchev–Trinajstić information content (AvgIpc) is 2.85. The lowest BCUT2D eigenvalue weighted by molar-refractivity contribution is 0.262. The van der Waals surface area contributed by atoms with Crippen molar-refractivity contribution in [2.45, 2.75) is 17.5 Å². The molecule has 2 heterocycles. The lowest BCUT2D eigenvalue weighted by Crippen LogP contribution is -2.05. The summed E-state index contributed by atoms with van der Waals surface area (Å²) in [5, 5.41) is 24.9. The summed E-state index contributed by atoms with van der Waals surface area (Å²) in [6, 6.07) is 2.08. The predicted molar refractivity (Wildman–Crippen MR) is 58.8 cm³/mol. The first-order valence-electron chi connectivity index (χ1n) is 4.41. The second-order valence-corrected chi connectivity index (χ2v) is 4.55. The molecule has 7 heteroatoms. The Morgan fingerprint density at radius 3 is 3.20 bits per heavy atom. The third-order valence-corrected chi connectivity index (χ3v) is 3.52. The van der Waals surface area contributed by atoms with Gasteiger partial charge in [0.05, 0.1) is 13.2 Å². The fourth-order valence-electron chi connectivity index (χ4n) is 1.06. The molecule has 2 aromatic rings. The third kappa shape index (κ3) is 2.77. The smallest absolute Gasteiger partial charge is 0.209 e. The first-order chi connectivity index (χ1) is 7.40. The predicted octanol–water partition coefficient (Wildman–Crippen LogP) is 1.02. The van der Waals surface area contributed by atoms with Crippen molar-refractivity contribution in [2.75, 3.05) is 6.61 Å². The maximum absolute atomic E-state index is 8.79. The number of thioether (sulfide) groups is 1. The van der Waals surface area contributed by atoms with Crippen LogP contribution in [0.15, 0.2) is 22.0 Å². The number of hydrogen-bond acceptors (Lipinski definition) is 6. The van der Waals surface area contributed by atoms with E-state index < -0.39 is 0 Å². The molecule has 0 aliphatic heterocycles. The minimum atomic E-state index is 0.0526. The summed E-state index contributed by atoms with van der Waals surface area (Å²) >= 11 is 3.25. The van der Waals surface area contributed by atoms with Crippen molar-refractivity contribution in [1.82, 2.24) is 20.2 Å². The number of nitrogens with zero attached hydrogens (tertiary/aromatic N) is 4. The molecular formula is C8H10N4OS2. The molecule has 0 saturated carbocycles. The van der Waals surface area contributed by atoms with Crippen LogP contribution >= 0.6 is 23.1 Å². The van der Waals surface area contributed by atoms with E-state index in [4.69, 9.17) is 5.11 Å². The molecule has 15 heavy (non-hydrogen) atoms. The number of aromatic nitrogens is 4. The Morgan fingerprint density at radius 2 is 2.47 bits per heavy atom. The Morgan fingerprint density at radius 1 is 1.53 bits per heavy atom. The van der Waals surface area contributed by atoms with E-state index in [9.17, 15) is 0 Å². The minimum Gasteiger partial charge on any atom is -0.394 e. The third-order valence-electron chi connectivity index (χ3n) is 1.76. The van der Waals surface area contributed by atoms with Crippen molar-refractivity contribution in [3.63, 3.8) is 0 Å². The lowest BCUT2D eigenvalue weighted by Gasteiger charge is -2.00. The van der Waals surface area contributed by atoms with Crippen LogP contribution in [0.25, 0.3) is 0 Å². The summed E-state index contributed by atoms with van der Waals surface area (Å²) in [6.07, 6.45) is 0. The zero-order chi connectivity index (χ0) is 10.5. The van der Waals surface area contributed by atoms with Crippen LogP contribution in [-0.2, 0) is 12.3 Å². The Labute approximate surface area is 95.1 Å². The number of tetrazole rings is 1. The van der Waals surface area contributed by atoms with Gasteiger partial charge in [-0.2, -0.15) is 11.3 Å². The van der Waals surface area contributed by atoms with Gasteiger partial charge in [0, 0.05) is 5.75 Å². The first kappa shape index (κ1) is 10.6. The number of rotatable bonds is 5. The quantitative estimate of drug-likeness (QED) is 0.793. The number of thiophene rings is 1. The zero-order valence-electron chi connectivity index (χ0n) is 7.91. The molecule has 0 fully saturated rings. The van der Waals surface area contributed by atoms with Gasteiger partial charge in [-0.05, 0) is 32.8 Å². The van der Waals surface area contributed by atoms with Crippen LogP contribution in [0.2, 0.25) is 0 Å². The molecule has 0 atom stereocenters. The van der Waals surface area contributed by atoms with Gasteiger partial charge in [-0.3, -0.25) is 0 Å². The van der Waals surface area contributed by atoms with Gasteiger partial charge in [-0.15, -0.1) is 5.10 Å². The SMILES string of the molecule is OCCn1nnnc1SCc1ccsc1. The van der Waals surface area contributed by atoms with E-state index in [0.29, 0.717) is 6.54 Å². The number of aliphatic hydroxyl groups is 1. The molecule has 0 saturated heterocycles. The van der Waals surface area contributed by atoms with Crippen LogP contribution in [0.4, 0.5) is 0 Å². The monoisotopic (exact) mass is 242 g/mol. The topological polar surface area (TPSA) is 63.8 Å². The molecule has 2 aromatic heterocycles. The van der Waals surface area contributed by atoms with E-state index in [-0.39, 0.29) is 6.61 Å². The number of aliphatic hydroxyl groups excluding tert-OH is 1. The molecule has 0 unspecified atom stereocenters. The van der Waals surface area contributed by atoms with Gasteiger partial charge in [-0.25, -0.2) is 4.68 Å². The van der Waals surface area contributed by atoms with Gasteiger partial charge in [0.15, 0.2) is 0 Å². The van der Waals surface area contributed by atoms with Gasteiger partial charge in [0.1, 0.15) is 0 Å². The molecule has 0 bridgehead atoms. The van der Waals surface area contributed by atoms with Crippen LogP contribution < -0.4 is 0 Å². The van der Waals surface area contributed by atoms with Crippen LogP contribution in [0, 0.1) is 0 Å². The van der Waals surface area contributed by atoms with E-state index in [0.717, 1.165) is 10.9 Å². The fourth-order valence-corrected chi connectivity index (χ4v) is 2.68. The lowest BCUT2D eigenvalue weighted by atomic mass is 10.4. The molecule has 0 aromatic carbocycles. The fraction of sp³-hybridized carbons (Fsp3) is 0.375. The van der Waals surface area contributed by atoms with Crippen molar-refractivity contribution in [3.8, 4) is 0 Å². The van der Waals surface area contributed by atoms with Crippen LogP contribution in [0.1, 0.15) is 5.56 Å². The highest BCUT2D eigenvalue weighted by Crippen LogP contribution is 2.20. The van der Waals surface area contributed by atoms with Gasteiger partial charge in [0.25, 0.3) is 0 Å². The Balaban J connectivity index is 1.95. The average molecular weight is 242 g/mol. The number of hydrogen-bond donors (Lipinski definition) is 1. The Bertz CT molecular complexity index is 400. The minimum absolute atomic E-state index is 0.0526. The molecular weight excluding hydrogens is 232 g/mol. The molecule has 80 valence electrons. The maximum atomic E-state index is 8.79. The van der Waals surface area contributed by atoms with Crippen LogP contribution in [0.3, 0.4) is 0 Å². The van der Waals surface area contributed by atoms with Gasteiger partial charge in [-0.1, -0.05) is 11.8 Å². The van der Waals surface area contributed by atoms with Crippen molar-refractivity contribution < 1.29 is 5.11 Å². The van der Waals surface area contributed by atoms with E-state index in [1.165, 1.54) is 5.56 Å². The van der Waals surface area contributed by atoms with E-state index in [2.05, 4.69) is 27.0 Å². The summed E-state index contributed by atoms with van der Waals surface area (Å²) in [4.78, 5) is 0. The van der Waals surface area contributed by atoms with Gasteiger partial charge in [0.2, 0.25) is 5.16 Å². The van der Waals surface area contributed by atoms with Gasteiger partial charge >= 0.3 is 0 Å². The molecule has 0 amide bonds. The highest BCUT2D eigenvalue weighted by atomic mass is 32.2. The second kappa shape index (κ2) is 5.24. The molecule has 2 rings (SSSR count). The molecule has 1 N–H and O–H groups in total. The van der Waals surface area contributed by atoms with Crippen molar-refractivity contribution in [2.24, 2.45) is 0 Å². The van der Waals surface area contributed by atoms with Crippen LogP contribution in [0.5, 0.6) is 0 Å². The van der Waals surface area contributed by atoms with E-state index in [1.807, 2.05) is 5.38 Å². The Kier molecular flexibility index (Phi) is 3.70. The molecule has 0 spiro atoms. The standard InChI is InChI=1S/C8H10N4OS2/c13-3-2-12-8(9-10-11-12)15-6-7-1-4-14-5-7/h1,4-5,13H,2-3,6H2. The molecule has 5 nitrogen and oxygen atoms in total. The summed E-state index contributed by atoms with van der Waals surface area (Å²) in [5.41, 5.74) is 1.27. The summed E-state index contributed by atoms with van der Waals surface area (Å²) in [5.74, 6) is 0.856. The second-order valence-electron chi connectivity index (χ2n) is 2.83. The van der Waals surface area contributed by atoms with Gasteiger partial charge < -0.3 is 5.11 Å². The molecule has 0 aliphatic rings. The van der Waals surface area contributed by atoms with E-state index >= 15 is 0 Å². The largest absolute Gasteiger partial charge is 0.394 e. The maximum Gasteiger partial charge on any atom is 0.209 e. The zero-order valence-corrected chi connectivity index (χ0v) is 9.54. The Hall–Kier alpha value is -0.920. The van der Waals surface area contributed by atoms with Crippen molar-refractivity contribution >= 4 is 23.1 Å². The molecule has 0 aliphatic carbocycles. The van der Waals surface area contributed by atoms with E-state index in [1.54, 1.807) is 27.8 Å². The highest BCUT2D eigenvalue weighted by Gasteiger charge is 2.06. The molecule has 0 radical (unpaired) electrons. The summed E-state index contributed by atoms with van der Waals surface area (Å²) in [6.45, 7) is 0.496. The normalized spacial score (nSPS) is 10.7. The van der Waals surface area contributed by atoms with Crippen molar-refractivity contribution in [1.29, 1.82) is 0 Å².